The minimum atomic E-state index is -0.233. The number of rotatable bonds is 7. The molecule has 0 saturated carbocycles. The van der Waals surface area contributed by atoms with Gasteiger partial charge < -0.3 is 14.6 Å². The lowest BCUT2D eigenvalue weighted by Gasteiger charge is -2.33. The summed E-state index contributed by atoms with van der Waals surface area (Å²) in [7, 11) is 1.63. The highest BCUT2D eigenvalue weighted by Gasteiger charge is 2.29. The third kappa shape index (κ3) is 4.01. The zero-order chi connectivity index (χ0) is 16.8. The molecule has 3 rings (SSSR count). The van der Waals surface area contributed by atoms with E-state index >= 15 is 0 Å². The molecule has 0 radical (unpaired) electrons. The summed E-state index contributed by atoms with van der Waals surface area (Å²) in [6.45, 7) is 3.51. The van der Waals surface area contributed by atoms with Gasteiger partial charge in [0.05, 0.1) is 18.6 Å². The molecular formula is C18H24N4O2. The number of nitrogens with one attached hydrogen (secondary N) is 1. The third-order valence-electron chi connectivity index (χ3n) is 4.37. The van der Waals surface area contributed by atoms with Crippen molar-refractivity contribution in [1.82, 2.24) is 19.8 Å². The number of hydrogen-bond donors (Lipinski definition) is 1. The van der Waals surface area contributed by atoms with Crippen LogP contribution < -0.4 is 5.32 Å². The lowest BCUT2D eigenvalue weighted by Crippen LogP contribution is -2.45. The number of carbonyl (C=O) groups excluding carboxylic acids is 1. The van der Waals surface area contributed by atoms with Gasteiger partial charge in [-0.15, -0.1) is 0 Å². The second kappa shape index (κ2) is 8.08. The van der Waals surface area contributed by atoms with Crippen LogP contribution in [0.25, 0.3) is 0 Å². The van der Waals surface area contributed by atoms with Crippen molar-refractivity contribution < 1.29 is 9.53 Å². The first kappa shape index (κ1) is 16.7. The topological polar surface area (TPSA) is 59.4 Å². The van der Waals surface area contributed by atoms with Crippen LogP contribution in [0.5, 0.6) is 0 Å². The molecule has 1 aliphatic rings. The molecule has 1 aromatic heterocycles. The minimum absolute atomic E-state index is 0.0238. The molecule has 1 amide bonds. The van der Waals surface area contributed by atoms with Crippen molar-refractivity contribution in [3.63, 3.8) is 0 Å². The number of hydrogen-bond acceptors (Lipinski definition) is 4. The standard InChI is InChI=1S/C18H24N4O2/c1-24-10-8-20-18(23)17-13-21(12-16-11-19-14-22(16)17)9-7-15-5-3-2-4-6-15/h2-6,11,14,17H,7-10,12-13H2,1H3,(H,20,23). The molecule has 0 spiro atoms. The van der Waals surface area contributed by atoms with Crippen LogP contribution in [0.2, 0.25) is 0 Å². The van der Waals surface area contributed by atoms with E-state index in [1.54, 1.807) is 13.4 Å². The van der Waals surface area contributed by atoms with Crippen molar-refractivity contribution >= 4 is 5.91 Å². The molecule has 1 unspecified atom stereocenters. The van der Waals surface area contributed by atoms with E-state index in [4.69, 9.17) is 4.74 Å². The van der Waals surface area contributed by atoms with E-state index in [9.17, 15) is 4.79 Å². The average Bonchev–Trinajstić information content (AvgIpc) is 3.08. The highest BCUT2D eigenvalue weighted by atomic mass is 16.5. The van der Waals surface area contributed by atoms with Crippen LogP contribution in [0.4, 0.5) is 0 Å². The first-order valence-corrected chi connectivity index (χ1v) is 8.31. The summed E-state index contributed by atoms with van der Waals surface area (Å²) in [5.41, 5.74) is 2.40. The summed E-state index contributed by atoms with van der Waals surface area (Å²) >= 11 is 0. The van der Waals surface area contributed by atoms with Crippen LogP contribution in [-0.4, -0.2) is 53.7 Å². The Morgan fingerprint density at radius 3 is 3.00 bits per heavy atom. The van der Waals surface area contributed by atoms with Crippen molar-refractivity contribution in [2.75, 3.05) is 33.4 Å². The Bertz CT molecular complexity index is 656. The number of methoxy groups -OCH3 is 1. The van der Waals surface area contributed by atoms with E-state index < -0.39 is 0 Å². The van der Waals surface area contributed by atoms with Crippen molar-refractivity contribution in [2.45, 2.75) is 19.0 Å². The van der Waals surface area contributed by atoms with Crippen LogP contribution in [0.15, 0.2) is 42.9 Å². The fourth-order valence-corrected chi connectivity index (χ4v) is 3.07. The maximum atomic E-state index is 12.5. The van der Waals surface area contributed by atoms with Gasteiger partial charge in [-0.2, -0.15) is 0 Å². The van der Waals surface area contributed by atoms with E-state index in [-0.39, 0.29) is 11.9 Å². The summed E-state index contributed by atoms with van der Waals surface area (Å²) in [5, 5.41) is 2.94. The molecule has 1 N–H and O–H groups in total. The third-order valence-corrected chi connectivity index (χ3v) is 4.37. The van der Waals surface area contributed by atoms with E-state index in [0.717, 1.165) is 25.2 Å². The molecule has 0 bridgehead atoms. The number of ether oxygens (including phenoxy) is 1. The maximum Gasteiger partial charge on any atom is 0.244 e. The molecule has 2 heterocycles. The number of carbonyl (C=O) groups is 1. The summed E-state index contributed by atoms with van der Waals surface area (Å²) in [4.78, 5) is 19.1. The zero-order valence-corrected chi connectivity index (χ0v) is 14.0. The normalized spacial score (nSPS) is 17.5. The van der Waals surface area contributed by atoms with Gasteiger partial charge in [-0.25, -0.2) is 4.98 Å². The molecule has 6 nitrogen and oxygen atoms in total. The van der Waals surface area contributed by atoms with Crippen molar-refractivity contribution in [1.29, 1.82) is 0 Å². The number of aromatic nitrogens is 2. The Morgan fingerprint density at radius 1 is 1.38 bits per heavy atom. The lowest BCUT2D eigenvalue weighted by atomic mass is 10.1. The minimum Gasteiger partial charge on any atom is -0.383 e. The molecule has 128 valence electrons. The lowest BCUT2D eigenvalue weighted by molar-refractivity contribution is -0.125. The van der Waals surface area contributed by atoms with Gasteiger partial charge >= 0.3 is 0 Å². The van der Waals surface area contributed by atoms with Crippen molar-refractivity contribution in [3.05, 3.63) is 54.1 Å². The SMILES string of the molecule is COCCNC(=O)C1CN(CCc2ccccc2)Cc2cncn21. The first-order valence-electron chi connectivity index (χ1n) is 8.31. The Balaban J connectivity index is 1.63. The van der Waals surface area contributed by atoms with Crippen LogP contribution in [0.1, 0.15) is 17.3 Å². The van der Waals surface area contributed by atoms with E-state index in [1.165, 1.54) is 5.56 Å². The number of fused-ring (bicyclic) bond motifs is 1. The fraction of sp³-hybridized carbons (Fsp3) is 0.444. The second-order valence-corrected chi connectivity index (χ2v) is 6.06. The molecule has 6 heteroatoms. The van der Waals surface area contributed by atoms with Crippen molar-refractivity contribution in [3.8, 4) is 0 Å². The maximum absolute atomic E-state index is 12.5. The Hall–Kier alpha value is -2.18. The van der Waals surface area contributed by atoms with E-state index in [1.807, 2.05) is 16.8 Å². The number of imidazole rings is 1. The molecule has 24 heavy (non-hydrogen) atoms. The Labute approximate surface area is 142 Å². The van der Waals surface area contributed by atoms with Gasteiger partial charge in [0.15, 0.2) is 0 Å². The molecule has 2 aromatic rings. The second-order valence-electron chi connectivity index (χ2n) is 6.06. The van der Waals surface area contributed by atoms with Gasteiger partial charge in [0.2, 0.25) is 5.91 Å². The molecule has 0 fully saturated rings. The zero-order valence-electron chi connectivity index (χ0n) is 14.0. The quantitative estimate of drug-likeness (QED) is 0.777. The van der Waals surface area contributed by atoms with Crippen LogP contribution in [0.3, 0.4) is 0 Å². The van der Waals surface area contributed by atoms with Crippen LogP contribution in [-0.2, 0) is 22.5 Å². The van der Waals surface area contributed by atoms with Gasteiger partial charge in [0.1, 0.15) is 6.04 Å². The predicted molar refractivity (Wildman–Crippen MR) is 91.6 cm³/mol. The first-order chi connectivity index (χ1) is 11.8. The van der Waals surface area contributed by atoms with E-state index in [2.05, 4.69) is 39.5 Å². The highest BCUT2D eigenvalue weighted by molar-refractivity contribution is 5.80. The van der Waals surface area contributed by atoms with Crippen LogP contribution in [0, 0.1) is 0 Å². The monoisotopic (exact) mass is 328 g/mol. The van der Waals surface area contributed by atoms with Gasteiger partial charge in [-0.05, 0) is 12.0 Å². The summed E-state index contributed by atoms with van der Waals surface area (Å²) in [6.07, 6.45) is 4.58. The Morgan fingerprint density at radius 2 is 2.21 bits per heavy atom. The molecule has 1 atom stereocenters. The number of amides is 1. The average molecular weight is 328 g/mol. The summed E-state index contributed by atoms with van der Waals surface area (Å²) < 4.78 is 6.99. The smallest absolute Gasteiger partial charge is 0.244 e. The van der Waals surface area contributed by atoms with Gasteiger partial charge in [0, 0.05) is 39.5 Å². The molecule has 1 aromatic carbocycles. The Kier molecular flexibility index (Phi) is 5.61. The van der Waals surface area contributed by atoms with Crippen molar-refractivity contribution in [2.24, 2.45) is 0 Å². The van der Waals surface area contributed by atoms with Gasteiger partial charge in [-0.3, -0.25) is 9.69 Å². The molecule has 0 saturated heterocycles. The van der Waals surface area contributed by atoms with E-state index in [0.29, 0.717) is 19.7 Å². The predicted octanol–water partition coefficient (Wildman–Crippen LogP) is 1.25. The van der Waals surface area contributed by atoms with Crippen LogP contribution >= 0.6 is 0 Å². The highest BCUT2D eigenvalue weighted by Crippen LogP contribution is 2.21. The fourth-order valence-electron chi connectivity index (χ4n) is 3.07. The largest absolute Gasteiger partial charge is 0.383 e. The summed E-state index contributed by atoms with van der Waals surface area (Å²) in [6, 6.07) is 10.2. The molecule has 1 aliphatic heterocycles. The summed E-state index contributed by atoms with van der Waals surface area (Å²) in [5.74, 6) is 0.0238. The van der Waals surface area contributed by atoms with Gasteiger partial charge in [-0.1, -0.05) is 30.3 Å². The molecule has 0 aliphatic carbocycles. The number of benzene rings is 1. The molecular weight excluding hydrogens is 304 g/mol. The van der Waals surface area contributed by atoms with Gasteiger partial charge in [0.25, 0.3) is 0 Å². The number of nitrogens with zero attached hydrogens (tertiary/aromatic N) is 3.